The molecule has 1 aliphatic heterocycles. The third kappa shape index (κ3) is 4.09. The quantitative estimate of drug-likeness (QED) is 0.481. The Balaban J connectivity index is 2.44. The van der Waals surface area contributed by atoms with E-state index in [-0.39, 0.29) is 16.8 Å². The Morgan fingerprint density at radius 2 is 1.96 bits per heavy atom. The first kappa shape index (κ1) is 18.8. The lowest BCUT2D eigenvalue weighted by Crippen LogP contribution is -2.34. The normalized spacial score (nSPS) is 15.5. The summed E-state index contributed by atoms with van der Waals surface area (Å²) in [4.78, 5) is 24.0. The minimum absolute atomic E-state index is 0.135. The Morgan fingerprint density at radius 1 is 1.28 bits per heavy atom. The van der Waals surface area contributed by atoms with Crippen LogP contribution < -0.4 is 10.6 Å². The first-order valence-corrected chi connectivity index (χ1v) is 7.54. The molecule has 0 bridgehead atoms. The number of carbonyl (C=O) groups is 2. The lowest BCUT2D eigenvalue weighted by atomic mass is 10.0. The van der Waals surface area contributed by atoms with Gasteiger partial charge in [0.1, 0.15) is 18.1 Å². The highest BCUT2D eigenvalue weighted by molar-refractivity contribution is 6.32. The number of carbonyl (C=O) groups excluding carboxylic acids is 2. The molecule has 0 fully saturated rings. The van der Waals surface area contributed by atoms with Crippen LogP contribution in [0.3, 0.4) is 0 Å². The zero-order valence-electron chi connectivity index (χ0n) is 13.5. The number of amides is 2. The molecule has 136 valence electrons. The first-order chi connectivity index (χ1) is 11.7. The second-order valence-corrected chi connectivity index (χ2v) is 5.21. The van der Waals surface area contributed by atoms with Crippen molar-refractivity contribution in [1.29, 1.82) is 0 Å². The van der Waals surface area contributed by atoms with Gasteiger partial charge in [0.2, 0.25) is 0 Å². The molecule has 0 atom stereocenters. The van der Waals surface area contributed by atoms with Gasteiger partial charge in [0.25, 0.3) is 11.8 Å². The summed E-state index contributed by atoms with van der Waals surface area (Å²) in [6, 6.07) is 1.96. The van der Waals surface area contributed by atoms with E-state index in [4.69, 9.17) is 4.74 Å². The zero-order chi connectivity index (χ0) is 18.8. The van der Waals surface area contributed by atoms with E-state index in [0.717, 1.165) is 12.1 Å². The fourth-order valence-corrected chi connectivity index (χ4v) is 2.44. The molecule has 1 aromatic carbocycles. The number of anilines is 1. The van der Waals surface area contributed by atoms with Crippen molar-refractivity contribution in [1.82, 2.24) is 5.32 Å². The first-order valence-electron chi connectivity index (χ1n) is 7.54. The molecule has 2 rings (SSSR count). The topological polar surface area (TPSA) is 67.4 Å². The molecule has 2 amide bonds. The monoisotopic (exact) mass is 360 g/mol. The predicted octanol–water partition coefficient (Wildman–Crippen LogP) is 3.23. The highest BCUT2D eigenvalue weighted by Gasteiger charge is 2.32. The van der Waals surface area contributed by atoms with E-state index in [0.29, 0.717) is 18.8 Å². The molecule has 0 aromatic heterocycles. The smallest absolute Gasteiger partial charge is 0.405 e. The van der Waals surface area contributed by atoms with Crippen LogP contribution in [0.2, 0.25) is 0 Å². The van der Waals surface area contributed by atoms with Gasteiger partial charge < -0.3 is 15.4 Å². The van der Waals surface area contributed by atoms with E-state index in [1.165, 1.54) is 0 Å². The standard InChI is InChI=1S/C16H16F4N2O3/c1-3-12(25-4-2)13-9-5-8(14(23)21-7-16(18,19)20)10(17)6-11(9)22-15(13)24/h5-6H,3-4,7H2,1-2H3,(H,21,23)(H,22,24)/b13-12-. The number of hydrogen-bond acceptors (Lipinski definition) is 3. The predicted molar refractivity (Wildman–Crippen MR) is 82.3 cm³/mol. The van der Waals surface area contributed by atoms with Crippen LogP contribution in [0.4, 0.5) is 23.2 Å². The van der Waals surface area contributed by atoms with Gasteiger partial charge in [-0.1, -0.05) is 6.92 Å². The van der Waals surface area contributed by atoms with Crippen molar-refractivity contribution >= 4 is 23.1 Å². The van der Waals surface area contributed by atoms with Crippen molar-refractivity contribution in [2.45, 2.75) is 26.4 Å². The van der Waals surface area contributed by atoms with Gasteiger partial charge in [0.15, 0.2) is 0 Å². The molecule has 0 saturated heterocycles. The number of nitrogens with one attached hydrogen (secondary N) is 2. The summed E-state index contributed by atoms with van der Waals surface area (Å²) in [6.45, 7) is 2.20. The van der Waals surface area contributed by atoms with Crippen molar-refractivity contribution in [2.75, 3.05) is 18.5 Å². The Hall–Kier alpha value is -2.58. The molecule has 0 aliphatic carbocycles. The van der Waals surface area contributed by atoms with E-state index < -0.39 is 35.9 Å². The minimum Gasteiger partial charge on any atom is -0.497 e. The molecule has 9 heteroatoms. The molecule has 5 nitrogen and oxygen atoms in total. The Morgan fingerprint density at radius 3 is 2.52 bits per heavy atom. The molecule has 0 unspecified atom stereocenters. The van der Waals surface area contributed by atoms with Crippen LogP contribution in [0.25, 0.3) is 5.57 Å². The minimum atomic E-state index is -4.62. The van der Waals surface area contributed by atoms with Crippen molar-refractivity contribution < 1.29 is 31.9 Å². The van der Waals surface area contributed by atoms with Crippen molar-refractivity contribution in [2.24, 2.45) is 0 Å². The van der Waals surface area contributed by atoms with Crippen LogP contribution in [0, 0.1) is 5.82 Å². The van der Waals surface area contributed by atoms with Crippen LogP contribution in [0.1, 0.15) is 36.2 Å². The van der Waals surface area contributed by atoms with Crippen molar-refractivity contribution in [3.8, 4) is 0 Å². The largest absolute Gasteiger partial charge is 0.497 e. The van der Waals surface area contributed by atoms with E-state index >= 15 is 0 Å². The van der Waals surface area contributed by atoms with Crippen LogP contribution in [0.5, 0.6) is 0 Å². The maximum absolute atomic E-state index is 14.1. The summed E-state index contributed by atoms with van der Waals surface area (Å²) in [5, 5.41) is 4.06. The van der Waals surface area contributed by atoms with Crippen LogP contribution in [-0.2, 0) is 9.53 Å². The van der Waals surface area contributed by atoms with Gasteiger partial charge in [0.05, 0.1) is 23.4 Å². The fraction of sp³-hybridized carbons (Fsp3) is 0.375. The lowest BCUT2D eigenvalue weighted by molar-refractivity contribution is -0.123. The van der Waals surface area contributed by atoms with E-state index in [1.54, 1.807) is 19.2 Å². The van der Waals surface area contributed by atoms with Crippen molar-refractivity contribution in [3.05, 3.63) is 34.8 Å². The number of hydrogen-bond donors (Lipinski definition) is 2. The summed E-state index contributed by atoms with van der Waals surface area (Å²) >= 11 is 0. The van der Waals surface area contributed by atoms with Gasteiger partial charge in [-0.3, -0.25) is 9.59 Å². The van der Waals surface area contributed by atoms with Gasteiger partial charge in [-0.05, 0) is 19.1 Å². The molecule has 25 heavy (non-hydrogen) atoms. The maximum atomic E-state index is 14.1. The Labute approximate surface area is 141 Å². The number of rotatable bonds is 5. The SMILES string of the molecule is CCO/C(CC)=C1\C(=O)Nc2cc(F)c(C(=O)NCC(F)(F)F)cc21. The summed E-state index contributed by atoms with van der Waals surface area (Å²) in [5.41, 5.74) is -0.0856. The number of benzene rings is 1. The van der Waals surface area contributed by atoms with E-state index in [1.807, 2.05) is 0 Å². The Bertz CT molecular complexity index is 742. The summed E-state index contributed by atoms with van der Waals surface area (Å²) < 4.78 is 56.1. The summed E-state index contributed by atoms with van der Waals surface area (Å²) in [5.74, 6) is -2.42. The average molecular weight is 360 g/mol. The molecule has 0 spiro atoms. The summed E-state index contributed by atoms with van der Waals surface area (Å²) in [6.07, 6.45) is -4.24. The second-order valence-electron chi connectivity index (χ2n) is 5.21. The van der Waals surface area contributed by atoms with Crippen LogP contribution in [0.15, 0.2) is 17.9 Å². The van der Waals surface area contributed by atoms with Gasteiger partial charge in [0, 0.05) is 12.0 Å². The van der Waals surface area contributed by atoms with Gasteiger partial charge in [-0.2, -0.15) is 13.2 Å². The molecular formula is C16H16F4N2O3. The summed E-state index contributed by atoms with van der Waals surface area (Å²) in [7, 11) is 0. The molecule has 1 aliphatic rings. The number of ether oxygens (including phenoxy) is 1. The van der Waals surface area contributed by atoms with Gasteiger partial charge >= 0.3 is 6.18 Å². The average Bonchev–Trinajstić information content (AvgIpc) is 2.83. The highest BCUT2D eigenvalue weighted by atomic mass is 19.4. The van der Waals surface area contributed by atoms with Gasteiger partial charge in [-0.15, -0.1) is 0 Å². The molecule has 1 heterocycles. The number of fused-ring (bicyclic) bond motifs is 1. The number of alkyl halides is 3. The van der Waals surface area contributed by atoms with Crippen molar-refractivity contribution in [3.63, 3.8) is 0 Å². The number of allylic oxidation sites excluding steroid dienone is 1. The molecule has 1 aromatic rings. The number of halogens is 4. The molecule has 0 saturated carbocycles. The van der Waals surface area contributed by atoms with Gasteiger partial charge in [-0.25, -0.2) is 4.39 Å². The molecule has 2 N–H and O–H groups in total. The molecule has 0 radical (unpaired) electrons. The molecular weight excluding hydrogens is 344 g/mol. The highest BCUT2D eigenvalue weighted by Crippen LogP contribution is 2.36. The third-order valence-corrected chi connectivity index (χ3v) is 3.46. The van der Waals surface area contributed by atoms with E-state index in [9.17, 15) is 27.2 Å². The third-order valence-electron chi connectivity index (χ3n) is 3.46. The van der Waals surface area contributed by atoms with Crippen LogP contribution >= 0.6 is 0 Å². The maximum Gasteiger partial charge on any atom is 0.405 e. The fourth-order valence-electron chi connectivity index (χ4n) is 2.44. The Kier molecular flexibility index (Phi) is 5.34. The zero-order valence-corrected chi connectivity index (χ0v) is 13.5. The lowest BCUT2D eigenvalue weighted by Gasteiger charge is -2.11. The van der Waals surface area contributed by atoms with Crippen LogP contribution in [-0.4, -0.2) is 31.1 Å². The second kappa shape index (κ2) is 7.12. The van der Waals surface area contributed by atoms with E-state index in [2.05, 4.69) is 5.32 Å².